The first-order valence-corrected chi connectivity index (χ1v) is 10.7. The molecule has 0 spiro atoms. The van der Waals surface area contributed by atoms with Gasteiger partial charge < -0.3 is 9.47 Å². The summed E-state index contributed by atoms with van der Waals surface area (Å²) in [5.74, 6) is 1.55. The summed E-state index contributed by atoms with van der Waals surface area (Å²) >= 11 is 8.40. The van der Waals surface area contributed by atoms with Gasteiger partial charge in [0.25, 0.3) is 0 Å². The van der Waals surface area contributed by atoms with Gasteiger partial charge in [0.15, 0.2) is 21.5 Å². The molecule has 0 unspecified atom stereocenters. The highest BCUT2D eigenvalue weighted by molar-refractivity contribution is 9.11. The number of rotatable bonds is 3. The minimum Gasteiger partial charge on any atom is -0.454 e. The molecule has 0 saturated heterocycles. The van der Waals surface area contributed by atoms with Gasteiger partial charge in [-0.25, -0.2) is 9.97 Å². The van der Waals surface area contributed by atoms with Crippen molar-refractivity contribution in [1.29, 1.82) is 0 Å². The Kier molecular flexibility index (Phi) is 3.85. The normalized spacial score (nSPS) is 12.7. The molecule has 1 aliphatic heterocycles. The standard InChI is InChI=1S/C17H9BrN2O2S3/c18-15-4-3-14(25-15)11-7-24-17(20-11)16-19-10(6-23-16)9-1-2-12-13(5-9)22-8-21-12/h1-7H,8H2. The predicted octanol–water partition coefficient (Wildman–Crippen LogP) is 6.15. The number of benzene rings is 1. The summed E-state index contributed by atoms with van der Waals surface area (Å²) in [6.07, 6.45) is 0. The molecule has 124 valence electrons. The van der Waals surface area contributed by atoms with Gasteiger partial charge >= 0.3 is 0 Å². The minimum atomic E-state index is 0.280. The molecule has 0 saturated carbocycles. The van der Waals surface area contributed by atoms with Crippen LogP contribution in [0.1, 0.15) is 0 Å². The maximum absolute atomic E-state index is 5.45. The number of nitrogens with zero attached hydrogens (tertiary/aromatic N) is 2. The lowest BCUT2D eigenvalue weighted by molar-refractivity contribution is 0.174. The highest BCUT2D eigenvalue weighted by Crippen LogP contribution is 2.39. The molecule has 5 rings (SSSR count). The Morgan fingerprint density at radius 1 is 0.880 bits per heavy atom. The number of fused-ring (bicyclic) bond motifs is 1. The summed E-state index contributed by atoms with van der Waals surface area (Å²) in [6, 6.07) is 10.0. The Morgan fingerprint density at radius 2 is 1.64 bits per heavy atom. The SMILES string of the molecule is Brc1ccc(-c2csc(-c3nc(-c4ccc5c(c4)OCO5)cs3)n2)s1. The van der Waals surface area contributed by atoms with Crippen molar-refractivity contribution >= 4 is 49.9 Å². The van der Waals surface area contributed by atoms with E-state index in [-0.39, 0.29) is 6.79 Å². The van der Waals surface area contributed by atoms with Crippen LogP contribution in [0.4, 0.5) is 0 Å². The van der Waals surface area contributed by atoms with E-state index in [1.807, 2.05) is 24.3 Å². The summed E-state index contributed by atoms with van der Waals surface area (Å²) < 4.78 is 11.9. The summed E-state index contributed by atoms with van der Waals surface area (Å²) in [5, 5.41) is 6.00. The van der Waals surface area contributed by atoms with Gasteiger partial charge in [-0.05, 0) is 46.3 Å². The van der Waals surface area contributed by atoms with Crippen LogP contribution < -0.4 is 9.47 Å². The molecule has 4 nitrogen and oxygen atoms in total. The number of hydrogen-bond donors (Lipinski definition) is 0. The van der Waals surface area contributed by atoms with E-state index in [9.17, 15) is 0 Å². The second-order valence-corrected chi connectivity index (χ2v) is 9.43. The highest BCUT2D eigenvalue weighted by atomic mass is 79.9. The molecule has 1 aromatic carbocycles. The average molecular weight is 449 g/mol. The molecule has 3 aromatic heterocycles. The van der Waals surface area contributed by atoms with Gasteiger partial charge in [-0.15, -0.1) is 34.0 Å². The van der Waals surface area contributed by atoms with Crippen molar-refractivity contribution < 1.29 is 9.47 Å². The summed E-state index contributed by atoms with van der Waals surface area (Å²) in [5.41, 5.74) is 2.94. The number of halogens is 1. The largest absolute Gasteiger partial charge is 0.454 e. The molecule has 4 heterocycles. The number of thiazole rings is 2. The second-order valence-electron chi connectivity index (χ2n) is 5.25. The van der Waals surface area contributed by atoms with Crippen LogP contribution in [-0.4, -0.2) is 16.8 Å². The highest BCUT2D eigenvalue weighted by Gasteiger charge is 2.16. The third-order valence-electron chi connectivity index (χ3n) is 3.69. The van der Waals surface area contributed by atoms with Gasteiger partial charge in [-0.1, -0.05) is 0 Å². The van der Waals surface area contributed by atoms with Crippen molar-refractivity contribution in [3.05, 3.63) is 44.9 Å². The first kappa shape index (κ1) is 15.5. The Balaban J connectivity index is 1.46. The predicted molar refractivity (Wildman–Crippen MR) is 106 cm³/mol. The average Bonchev–Trinajstić information content (AvgIpc) is 3.39. The second kappa shape index (κ2) is 6.21. The van der Waals surface area contributed by atoms with Gasteiger partial charge in [0, 0.05) is 16.3 Å². The molecular formula is C17H9BrN2O2S3. The van der Waals surface area contributed by atoms with E-state index >= 15 is 0 Å². The fourth-order valence-electron chi connectivity index (χ4n) is 2.50. The molecule has 0 N–H and O–H groups in total. The lowest BCUT2D eigenvalue weighted by Gasteiger charge is -1.99. The molecule has 0 aliphatic carbocycles. The fraction of sp³-hybridized carbons (Fsp3) is 0.0588. The summed E-state index contributed by atoms with van der Waals surface area (Å²) in [6.45, 7) is 0.280. The Labute approximate surface area is 163 Å². The molecule has 25 heavy (non-hydrogen) atoms. The fourth-order valence-corrected chi connectivity index (χ4v) is 5.62. The monoisotopic (exact) mass is 448 g/mol. The minimum absolute atomic E-state index is 0.280. The van der Waals surface area contributed by atoms with E-state index < -0.39 is 0 Å². The lowest BCUT2D eigenvalue weighted by Crippen LogP contribution is -1.92. The van der Waals surface area contributed by atoms with Crippen LogP contribution in [-0.2, 0) is 0 Å². The number of aromatic nitrogens is 2. The van der Waals surface area contributed by atoms with Crippen molar-refractivity contribution in [2.75, 3.05) is 6.79 Å². The quantitative estimate of drug-likeness (QED) is 0.376. The van der Waals surface area contributed by atoms with E-state index in [2.05, 4.69) is 32.8 Å². The summed E-state index contributed by atoms with van der Waals surface area (Å²) in [4.78, 5) is 10.6. The van der Waals surface area contributed by atoms with Gasteiger partial charge in [0.2, 0.25) is 6.79 Å². The lowest BCUT2D eigenvalue weighted by atomic mass is 10.1. The Morgan fingerprint density at radius 3 is 2.44 bits per heavy atom. The van der Waals surface area contributed by atoms with Crippen LogP contribution in [0.25, 0.3) is 31.8 Å². The van der Waals surface area contributed by atoms with Gasteiger partial charge in [-0.2, -0.15) is 0 Å². The number of hydrogen-bond acceptors (Lipinski definition) is 7. The topological polar surface area (TPSA) is 44.2 Å². The van der Waals surface area contributed by atoms with Gasteiger partial charge in [0.05, 0.1) is 20.1 Å². The molecular weight excluding hydrogens is 440 g/mol. The number of ether oxygens (including phenoxy) is 2. The Bertz CT molecular complexity index is 1070. The Hall–Kier alpha value is -1.74. The zero-order valence-corrected chi connectivity index (χ0v) is 16.6. The van der Waals surface area contributed by atoms with Crippen LogP contribution in [0.3, 0.4) is 0 Å². The molecule has 0 bridgehead atoms. The zero-order chi connectivity index (χ0) is 16.8. The molecule has 4 aromatic rings. The molecule has 0 amide bonds. The van der Waals surface area contributed by atoms with Gasteiger partial charge in [-0.3, -0.25) is 0 Å². The van der Waals surface area contributed by atoms with E-state index in [4.69, 9.17) is 19.4 Å². The van der Waals surface area contributed by atoms with Crippen molar-refractivity contribution in [2.24, 2.45) is 0 Å². The van der Waals surface area contributed by atoms with E-state index in [0.29, 0.717) is 0 Å². The zero-order valence-electron chi connectivity index (χ0n) is 12.6. The maximum Gasteiger partial charge on any atom is 0.231 e. The van der Waals surface area contributed by atoms with Crippen LogP contribution in [0.2, 0.25) is 0 Å². The van der Waals surface area contributed by atoms with E-state index in [1.165, 1.54) is 0 Å². The summed E-state index contributed by atoms with van der Waals surface area (Å²) in [7, 11) is 0. The van der Waals surface area contributed by atoms with Crippen LogP contribution in [0, 0.1) is 0 Å². The number of thiophene rings is 1. The van der Waals surface area contributed by atoms with Gasteiger partial charge in [0.1, 0.15) is 0 Å². The molecule has 0 atom stereocenters. The third-order valence-corrected chi connectivity index (χ3v) is 7.16. The first-order chi connectivity index (χ1) is 12.3. The van der Waals surface area contributed by atoms with Crippen LogP contribution >= 0.6 is 49.9 Å². The molecule has 0 fully saturated rings. The van der Waals surface area contributed by atoms with Crippen molar-refractivity contribution in [1.82, 2.24) is 9.97 Å². The van der Waals surface area contributed by atoms with Crippen molar-refractivity contribution in [2.45, 2.75) is 0 Å². The third kappa shape index (κ3) is 2.89. The van der Waals surface area contributed by atoms with Crippen molar-refractivity contribution in [3.63, 3.8) is 0 Å². The van der Waals surface area contributed by atoms with Crippen LogP contribution in [0.5, 0.6) is 11.5 Å². The smallest absolute Gasteiger partial charge is 0.231 e. The molecule has 8 heteroatoms. The van der Waals surface area contributed by atoms with Crippen LogP contribution in [0.15, 0.2) is 44.9 Å². The van der Waals surface area contributed by atoms with E-state index in [0.717, 1.165) is 47.1 Å². The van der Waals surface area contributed by atoms with Crippen molar-refractivity contribution in [3.8, 4) is 43.3 Å². The molecule has 0 radical (unpaired) electrons. The van der Waals surface area contributed by atoms with E-state index in [1.54, 1.807) is 34.0 Å². The first-order valence-electron chi connectivity index (χ1n) is 7.33. The molecule has 1 aliphatic rings. The maximum atomic E-state index is 5.45.